The summed E-state index contributed by atoms with van der Waals surface area (Å²) in [6.45, 7) is 1.91. The van der Waals surface area contributed by atoms with Crippen molar-refractivity contribution < 1.29 is 14.3 Å². The summed E-state index contributed by atoms with van der Waals surface area (Å²) in [7, 11) is 3.21. The van der Waals surface area contributed by atoms with E-state index in [1.54, 1.807) is 14.2 Å². The molecule has 1 amide bonds. The van der Waals surface area contributed by atoms with Crippen LogP contribution in [-0.4, -0.2) is 26.0 Å². The SMILES string of the molecule is COc1ccc(OC)c(C(C)NC(=O)CCCCl)c1. The number of hydrogen-bond donors (Lipinski definition) is 1. The first-order valence-corrected chi connectivity index (χ1v) is 6.73. The van der Waals surface area contributed by atoms with E-state index >= 15 is 0 Å². The van der Waals surface area contributed by atoms with Crippen LogP contribution < -0.4 is 14.8 Å². The molecule has 1 rings (SSSR count). The van der Waals surface area contributed by atoms with Crippen molar-refractivity contribution in [3.05, 3.63) is 23.8 Å². The molecule has 0 aliphatic heterocycles. The standard InChI is InChI=1S/C14H20ClNO3/c1-10(16-14(17)5-4-8-15)12-9-11(18-2)6-7-13(12)19-3/h6-7,9-10H,4-5,8H2,1-3H3,(H,16,17). The van der Waals surface area contributed by atoms with E-state index in [1.165, 1.54) is 0 Å². The molecule has 1 atom stereocenters. The van der Waals surface area contributed by atoms with Gasteiger partial charge in [0.15, 0.2) is 0 Å². The summed E-state index contributed by atoms with van der Waals surface area (Å²) >= 11 is 5.57. The molecule has 1 aromatic carbocycles. The Hall–Kier alpha value is -1.42. The lowest BCUT2D eigenvalue weighted by Crippen LogP contribution is -2.26. The third-order valence-electron chi connectivity index (χ3n) is 2.82. The third kappa shape index (κ3) is 4.63. The first kappa shape index (κ1) is 15.6. The highest BCUT2D eigenvalue weighted by Gasteiger charge is 2.14. The number of carbonyl (C=O) groups is 1. The average molecular weight is 286 g/mol. The fourth-order valence-electron chi connectivity index (χ4n) is 1.80. The molecule has 1 N–H and O–H groups in total. The molecule has 0 aromatic heterocycles. The Bertz CT molecular complexity index is 423. The highest BCUT2D eigenvalue weighted by Crippen LogP contribution is 2.29. The molecule has 0 fully saturated rings. The van der Waals surface area contributed by atoms with Crippen molar-refractivity contribution in [1.82, 2.24) is 5.32 Å². The smallest absolute Gasteiger partial charge is 0.220 e. The zero-order chi connectivity index (χ0) is 14.3. The van der Waals surface area contributed by atoms with Crippen LogP contribution in [0.15, 0.2) is 18.2 Å². The number of benzene rings is 1. The fraction of sp³-hybridized carbons (Fsp3) is 0.500. The topological polar surface area (TPSA) is 47.6 Å². The van der Waals surface area contributed by atoms with Crippen molar-refractivity contribution in [2.24, 2.45) is 0 Å². The quantitative estimate of drug-likeness (QED) is 0.784. The minimum absolute atomic E-state index is 0.0157. The summed E-state index contributed by atoms with van der Waals surface area (Å²) in [5.74, 6) is 1.94. The molecule has 1 unspecified atom stereocenters. The fourth-order valence-corrected chi connectivity index (χ4v) is 1.93. The van der Waals surface area contributed by atoms with E-state index in [0.717, 1.165) is 17.1 Å². The second-order valence-corrected chi connectivity index (χ2v) is 4.57. The molecule has 106 valence electrons. The van der Waals surface area contributed by atoms with Gasteiger partial charge in [-0.2, -0.15) is 0 Å². The number of methoxy groups -OCH3 is 2. The van der Waals surface area contributed by atoms with E-state index in [0.29, 0.717) is 18.7 Å². The Morgan fingerprint density at radius 2 is 2.11 bits per heavy atom. The predicted octanol–water partition coefficient (Wildman–Crippen LogP) is 2.90. The monoisotopic (exact) mass is 285 g/mol. The molecular formula is C14H20ClNO3. The molecule has 0 aliphatic rings. The Morgan fingerprint density at radius 1 is 1.37 bits per heavy atom. The summed E-state index contributed by atoms with van der Waals surface area (Å²) in [6, 6.07) is 5.37. The maximum absolute atomic E-state index is 11.7. The highest BCUT2D eigenvalue weighted by atomic mass is 35.5. The van der Waals surface area contributed by atoms with E-state index in [-0.39, 0.29) is 11.9 Å². The van der Waals surface area contributed by atoms with Gasteiger partial charge in [0.05, 0.1) is 20.3 Å². The van der Waals surface area contributed by atoms with Crippen LogP contribution in [0.4, 0.5) is 0 Å². The molecule has 0 saturated carbocycles. The van der Waals surface area contributed by atoms with Crippen LogP contribution in [0.3, 0.4) is 0 Å². The number of halogens is 1. The molecule has 5 heteroatoms. The lowest BCUT2D eigenvalue weighted by molar-refractivity contribution is -0.121. The van der Waals surface area contributed by atoms with Gasteiger partial charge in [-0.25, -0.2) is 0 Å². The Kier molecular flexibility index (Phi) is 6.50. The van der Waals surface area contributed by atoms with E-state index in [9.17, 15) is 4.79 Å². The average Bonchev–Trinajstić information content (AvgIpc) is 2.44. The van der Waals surface area contributed by atoms with Gasteiger partial charge in [0.2, 0.25) is 5.91 Å². The van der Waals surface area contributed by atoms with Crippen LogP contribution in [0.5, 0.6) is 11.5 Å². The highest BCUT2D eigenvalue weighted by molar-refractivity contribution is 6.17. The minimum atomic E-state index is -0.145. The maximum atomic E-state index is 11.7. The normalized spacial score (nSPS) is 11.8. The number of amides is 1. The Balaban J connectivity index is 2.79. The molecule has 0 heterocycles. The zero-order valence-corrected chi connectivity index (χ0v) is 12.3. The summed E-state index contributed by atoms with van der Waals surface area (Å²) < 4.78 is 10.5. The second-order valence-electron chi connectivity index (χ2n) is 4.19. The van der Waals surface area contributed by atoms with E-state index < -0.39 is 0 Å². The van der Waals surface area contributed by atoms with Crippen LogP contribution in [0, 0.1) is 0 Å². The van der Waals surface area contributed by atoms with Gasteiger partial charge in [-0.05, 0) is 31.5 Å². The molecule has 1 aromatic rings. The van der Waals surface area contributed by atoms with Crippen LogP contribution >= 0.6 is 11.6 Å². The summed E-state index contributed by atoms with van der Waals surface area (Å²) in [5.41, 5.74) is 0.890. The van der Waals surface area contributed by atoms with Crippen molar-refractivity contribution in [3.8, 4) is 11.5 Å². The Labute approximate surface area is 119 Å². The van der Waals surface area contributed by atoms with Crippen molar-refractivity contribution in [2.75, 3.05) is 20.1 Å². The molecule has 4 nitrogen and oxygen atoms in total. The number of ether oxygens (including phenoxy) is 2. The molecule has 0 bridgehead atoms. The lowest BCUT2D eigenvalue weighted by Gasteiger charge is -2.18. The van der Waals surface area contributed by atoms with Gasteiger partial charge in [-0.15, -0.1) is 11.6 Å². The second kappa shape index (κ2) is 7.89. The summed E-state index contributed by atoms with van der Waals surface area (Å²) in [6.07, 6.45) is 1.11. The van der Waals surface area contributed by atoms with Crippen molar-refractivity contribution in [1.29, 1.82) is 0 Å². The minimum Gasteiger partial charge on any atom is -0.497 e. The zero-order valence-electron chi connectivity index (χ0n) is 11.5. The van der Waals surface area contributed by atoms with E-state index in [1.807, 2.05) is 25.1 Å². The van der Waals surface area contributed by atoms with Crippen LogP contribution in [-0.2, 0) is 4.79 Å². The van der Waals surface area contributed by atoms with E-state index in [2.05, 4.69) is 5.32 Å². The molecule has 19 heavy (non-hydrogen) atoms. The number of alkyl halides is 1. The van der Waals surface area contributed by atoms with Crippen molar-refractivity contribution in [2.45, 2.75) is 25.8 Å². The van der Waals surface area contributed by atoms with E-state index in [4.69, 9.17) is 21.1 Å². The number of nitrogens with one attached hydrogen (secondary N) is 1. The predicted molar refractivity (Wildman–Crippen MR) is 76.1 cm³/mol. The van der Waals surface area contributed by atoms with Gasteiger partial charge in [0.25, 0.3) is 0 Å². The van der Waals surface area contributed by atoms with Gasteiger partial charge in [0.1, 0.15) is 11.5 Å². The maximum Gasteiger partial charge on any atom is 0.220 e. The van der Waals surface area contributed by atoms with Crippen molar-refractivity contribution in [3.63, 3.8) is 0 Å². The molecule has 0 radical (unpaired) electrons. The molecule has 0 aliphatic carbocycles. The summed E-state index contributed by atoms with van der Waals surface area (Å²) in [4.78, 5) is 11.7. The van der Waals surface area contributed by atoms with Crippen LogP contribution in [0.2, 0.25) is 0 Å². The van der Waals surface area contributed by atoms with Gasteiger partial charge in [-0.3, -0.25) is 4.79 Å². The van der Waals surface area contributed by atoms with Gasteiger partial charge in [-0.1, -0.05) is 0 Å². The third-order valence-corrected chi connectivity index (χ3v) is 3.09. The summed E-state index contributed by atoms with van der Waals surface area (Å²) in [5, 5.41) is 2.92. The van der Waals surface area contributed by atoms with Gasteiger partial charge >= 0.3 is 0 Å². The first-order chi connectivity index (χ1) is 9.12. The van der Waals surface area contributed by atoms with Gasteiger partial charge in [0, 0.05) is 17.9 Å². The number of hydrogen-bond acceptors (Lipinski definition) is 3. The largest absolute Gasteiger partial charge is 0.497 e. The van der Waals surface area contributed by atoms with Gasteiger partial charge < -0.3 is 14.8 Å². The number of rotatable bonds is 7. The lowest BCUT2D eigenvalue weighted by atomic mass is 10.1. The van der Waals surface area contributed by atoms with Crippen molar-refractivity contribution >= 4 is 17.5 Å². The molecule has 0 spiro atoms. The first-order valence-electron chi connectivity index (χ1n) is 6.19. The number of carbonyl (C=O) groups excluding carboxylic acids is 1. The molecular weight excluding hydrogens is 266 g/mol. The Morgan fingerprint density at radius 3 is 2.68 bits per heavy atom. The van der Waals surface area contributed by atoms with Crippen LogP contribution in [0.25, 0.3) is 0 Å². The molecule has 0 saturated heterocycles. The van der Waals surface area contributed by atoms with Crippen LogP contribution in [0.1, 0.15) is 31.4 Å².